The summed E-state index contributed by atoms with van der Waals surface area (Å²) in [5, 5.41) is 10.1. The molecule has 0 radical (unpaired) electrons. The van der Waals surface area contributed by atoms with Crippen LogP contribution in [0.1, 0.15) is 17.5 Å². The zero-order valence-corrected chi connectivity index (χ0v) is 13.1. The van der Waals surface area contributed by atoms with Gasteiger partial charge in [-0.1, -0.05) is 40.2 Å². The molecule has 2 aromatic carbocycles. The second kappa shape index (κ2) is 5.90. The molecule has 0 bridgehead atoms. The SMILES string of the molecule is O=C(Cc1ccc(Br)cc1)N1CCCc2cccc(O)c21. The number of benzene rings is 2. The van der Waals surface area contributed by atoms with Crippen LogP contribution >= 0.6 is 15.9 Å². The van der Waals surface area contributed by atoms with Crippen LogP contribution < -0.4 is 4.90 Å². The van der Waals surface area contributed by atoms with Crippen LogP contribution in [0.3, 0.4) is 0 Å². The summed E-state index contributed by atoms with van der Waals surface area (Å²) < 4.78 is 1.000. The number of anilines is 1. The van der Waals surface area contributed by atoms with Crippen molar-refractivity contribution in [2.75, 3.05) is 11.4 Å². The van der Waals surface area contributed by atoms with Crippen molar-refractivity contribution in [3.05, 3.63) is 58.1 Å². The van der Waals surface area contributed by atoms with Crippen LogP contribution in [-0.2, 0) is 17.6 Å². The predicted octanol–water partition coefficient (Wildman–Crippen LogP) is 3.68. The van der Waals surface area contributed by atoms with E-state index >= 15 is 0 Å². The molecule has 0 unspecified atom stereocenters. The summed E-state index contributed by atoms with van der Waals surface area (Å²) in [6.07, 6.45) is 2.19. The molecule has 0 saturated heterocycles. The Morgan fingerprint density at radius 2 is 1.95 bits per heavy atom. The number of nitrogens with zero attached hydrogens (tertiary/aromatic N) is 1. The maximum absolute atomic E-state index is 12.6. The van der Waals surface area contributed by atoms with E-state index in [4.69, 9.17) is 0 Å². The van der Waals surface area contributed by atoms with Gasteiger partial charge in [-0.05, 0) is 42.2 Å². The maximum Gasteiger partial charge on any atom is 0.231 e. The molecule has 1 N–H and O–H groups in total. The fraction of sp³-hybridized carbons (Fsp3) is 0.235. The van der Waals surface area contributed by atoms with Crippen molar-refractivity contribution in [1.29, 1.82) is 0 Å². The molecule has 0 aromatic heterocycles. The standard InChI is InChI=1S/C17H16BrNO2/c18-14-8-6-12(7-9-14)11-16(21)19-10-2-4-13-3-1-5-15(20)17(13)19/h1,3,5-9,20H,2,4,10-11H2. The highest BCUT2D eigenvalue weighted by Gasteiger charge is 2.25. The Kier molecular flexibility index (Phi) is 3.97. The normalized spacial score (nSPS) is 13.9. The number of amides is 1. The zero-order chi connectivity index (χ0) is 14.8. The number of carbonyl (C=O) groups excluding carboxylic acids is 1. The Labute approximate surface area is 132 Å². The van der Waals surface area contributed by atoms with Crippen LogP contribution in [0.25, 0.3) is 0 Å². The zero-order valence-electron chi connectivity index (χ0n) is 11.6. The summed E-state index contributed by atoms with van der Waals surface area (Å²) in [5.74, 6) is 0.219. The van der Waals surface area contributed by atoms with Crippen molar-refractivity contribution in [2.24, 2.45) is 0 Å². The van der Waals surface area contributed by atoms with Crippen molar-refractivity contribution in [1.82, 2.24) is 0 Å². The van der Waals surface area contributed by atoms with Gasteiger partial charge in [-0.3, -0.25) is 4.79 Å². The highest BCUT2D eigenvalue weighted by atomic mass is 79.9. The van der Waals surface area contributed by atoms with Crippen LogP contribution in [0, 0.1) is 0 Å². The summed E-state index contributed by atoms with van der Waals surface area (Å²) in [7, 11) is 0. The lowest BCUT2D eigenvalue weighted by Gasteiger charge is -2.30. The quantitative estimate of drug-likeness (QED) is 0.901. The van der Waals surface area contributed by atoms with Crippen LogP contribution in [0.2, 0.25) is 0 Å². The van der Waals surface area contributed by atoms with Gasteiger partial charge in [0.15, 0.2) is 0 Å². The minimum Gasteiger partial charge on any atom is -0.506 e. The van der Waals surface area contributed by atoms with E-state index in [1.54, 1.807) is 11.0 Å². The molecule has 0 aliphatic carbocycles. The van der Waals surface area contributed by atoms with Crippen LogP contribution in [0.4, 0.5) is 5.69 Å². The van der Waals surface area contributed by atoms with E-state index in [1.165, 1.54) is 0 Å². The van der Waals surface area contributed by atoms with Crippen LogP contribution in [0.5, 0.6) is 5.75 Å². The molecule has 1 aliphatic heterocycles. The first-order chi connectivity index (χ1) is 10.1. The molecule has 1 aliphatic rings. The van der Waals surface area contributed by atoms with Gasteiger partial charge in [0.1, 0.15) is 5.75 Å². The first-order valence-electron chi connectivity index (χ1n) is 7.01. The van der Waals surface area contributed by atoms with Crippen molar-refractivity contribution >= 4 is 27.5 Å². The molecule has 3 rings (SSSR count). The lowest BCUT2D eigenvalue weighted by atomic mass is 10.00. The molecule has 0 spiro atoms. The van der Waals surface area contributed by atoms with Crippen molar-refractivity contribution in [3.63, 3.8) is 0 Å². The van der Waals surface area contributed by atoms with E-state index < -0.39 is 0 Å². The minimum atomic E-state index is 0.0276. The van der Waals surface area contributed by atoms with Gasteiger partial charge in [0, 0.05) is 11.0 Å². The Morgan fingerprint density at radius 1 is 1.19 bits per heavy atom. The van der Waals surface area contributed by atoms with E-state index in [9.17, 15) is 9.90 Å². The van der Waals surface area contributed by atoms with Crippen molar-refractivity contribution in [3.8, 4) is 5.75 Å². The molecule has 0 atom stereocenters. The smallest absolute Gasteiger partial charge is 0.231 e. The fourth-order valence-corrected chi connectivity index (χ4v) is 3.02. The predicted molar refractivity (Wildman–Crippen MR) is 86.6 cm³/mol. The highest BCUT2D eigenvalue weighted by molar-refractivity contribution is 9.10. The van der Waals surface area contributed by atoms with Gasteiger partial charge in [-0.2, -0.15) is 0 Å². The number of aromatic hydroxyl groups is 1. The highest BCUT2D eigenvalue weighted by Crippen LogP contribution is 2.35. The Hall–Kier alpha value is -1.81. The summed E-state index contributed by atoms with van der Waals surface area (Å²) >= 11 is 3.39. The van der Waals surface area contributed by atoms with Gasteiger partial charge < -0.3 is 10.0 Å². The third-order valence-electron chi connectivity index (χ3n) is 3.77. The summed E-state index contributed by atoms with van der Waals surface area (Å²) in [6.45, 7) is 0.667. The van der Waals surface area contributed by atoms with Gasteiger partial charge in [0.25, 0.3) is 0 Å². The van der Waals surface area contributed by atoms with Gasteiger partial charge in [0.05, 0.1) is 12.1 Å². The molecule has 0 saturated carbocycles. The molecule has 21 heavy (non-hydrogen) atoms. The molecule has 1 heterocycles. The first-order valence-corrected chi connectivity index (χ1v) is 7.80. The van der Waals surface area contributed by atoms with E-state index in [1.807, 2.05) is 36.4 Å². The van der Waals surface area contributed by atoms with Crippen LogP contribution in [0.15, 0.2) is 46.9 Å². The largest absolute Gasteiger partial charge is 0.506 e. The number of hydrogen-bond donors (Lipinski definition) is 1. The Balaban J connectivity index is 1.85. The summed E-state index contributed by atoms with van der Waals surface area (Å²) in [4.78, 5) is 14.3. The molecular weight excluding hydrogens is 330 g/mol. The van der Waals surface area contributed by atoms with Crippen LogP contribution in [-0.4, -0.2) is 17.6 Å². The number of halogens is 1. The average Bonchev–Trinajstić information content (AvgIpc) is 2.49. The van der Waals surface area contributed by atoms with E-state index in [0.29, 0.717) is 18.7 Å². The third kappa shape index (κ3) is 2.95. The van der Waals surface area contributed by atoms with Gasteiger partial charge in [0.2, 0.25) is 5.91 Å². The lowest BCUT2D eigenvalue weighted by molar-refractivity contribution is -0.118. The molecule has 3 nitrogen and oxygen atoms in total. The molecule has 0 fully saturated rings. The monoisotopic (exact) mass is 345 g/mol. The molecule has 108 valence electrons. The minimum absolute atomic E-state index is 0.0276. The second-order valence-electron chi connectivity index (χ2n) is 5.24. The number of para-hydroxylation sites is 1. The molecule has 2 aromatic rings. The lowest BCUT2D eigenvalue weighted by Crippen LogP contribution is -2.36. The van der Waals surface area contributed by atoms with Gasteiger partial charge >= 0.3 is 0 Å². The second-order valence-corrected chi connectivity index (χ2v) is 6.15. The molecule has 1 amide bonds. The van der Waals surface area contributed by atoms with E-state index in [0.717, 1.165) is 28.4 Å². The summed E-state index contributed by atoms with van der Waals surface area (Å²) in [6, 6.07) is 13.2. The average molecular weight is 346 g/mol. The maximum atomic E-state index is 12.6. The Morgan fingerprint density at radius 3 is 2.71 bits per heavy atom. The number of rotatable bonds is 2. The van der Waals surface area contributed by atoms with E-state index in [2.05, 4.69) is 15.9 Å². The topological polar surface area (TPSA) is 40.5 Å². The fourth-order valence-electron chi connectivity index (χ4n) is 2.75. The van der Waals surface area contributed by atoms with Gasteiger partial charge in [-0.25, -0.2) is 0 Å². The van der Waals surface area contributed by atoms with Crippen molar-refractivity contribution < 1.29 is 9.90 Å². The number of phenols is 1. The molecular formula is C17H16BrNO2. The van der Waals surface area contributed by atoms with Crippen molar-refractivity contribution in [2.45, 2.75) is 19.3 Å². The molecule has 4 heteroatoms. The number of aryl methyl sites for hydroxylation is 1. The number of fused-ring (bicyclic) bond motifs is 1. The van der Waals surface area contributed by atoms with Gasteiger partial charge in [-0.15, -0.1) is 0 Å². The number of carbonyl (C=O) groups is 1. The van der Waals surface area contributed by atoms with E-state index in [-0.39, 0.29) is 11.7 Å². The first kappa shape index (κ1) is 14.1. The Bertz CT molecular complexity index is 667. The number of hydrogen-bond acceptors (Lipinski definition) is 2. The number of phenolic OH excluding ortho intramolecular Hbond substituents is 1. The third-order valence-corrected chi connectivity index (χ3v) is 4.29. The summed E-state index contributed by atoms with van der Waals surface area (Å²) in [5.41, 5.74) is 2.71.